The van der Waals surface area contributed by atoms with Crippen molar-refractivity contribution in [1.82, 2.24) is 9.80 Å². The maximum atomic E-state index is 12.9. The lowest BCUT2D eigenvalue weighted by Crippen LogP contribution is -2.50. The highest BCUT2D eigenvalue weighted by molar-refractivity contribution is 6.30. The van der Waals surface area contributed by atoms with Crippen LogP contribution in [0.4, 0.5) is 0 Å². The monoisotopic (exact) mass is 370 g/mol. The Balaban J connectivity index is 1.75. The van der Waals surface area contributed by atoms with E-state index in [1.165, 1.54) is 0 Å². The molecular formula is C21H23ClN2O2. The standard InChI is InChI=1S/C21H23ClN2O2/c1-16(25)23-11-13-24(14-12-23)21(26)15-20(17-5-3-2-4-6-17)18-7-9-19(22)10-8-18/h2-10,20H,11-15H2,1H3. The van der Waals surface area contributed by atoms with Crippen molar-refractivity contribution in [2.75, 3.05) is 26.2 Å². The molecule has 0 bridgehead atoms. The minimum absolute atomic E-state index is 0.00759. The van der Waals surface area contributed by atoms with E-state index in [4.69, 9.17) is 11.6 Å². The second-order valence-corrected chi connectivity index (χ2v) is 7.04. The first-order valence-electron chi connectivity index (χ1n) is 8.88. The van der Waals surface area contributed by atoms with Crippen LogP contribution in [-0.4, -0.2) is 47.8 Å². The van der Waals surface area contributed by atoms with Crippen LogP contribution in [-0.2, 0) is 9.59 Å². The van der Waals surface area contributed by atoms with Gasteiger partial charge in [-0.2, -0.15) is 0 Å². The first-order chi connectivity index (χ1) is 12.5. The Labute approximate surface area is 159 Å². The molecule has 0 saturated carbocycles. The van der Waals surface area contributed by atoms with Crippen LogP contribution >= 0.6 is 11.6 Å². The maximum absolute atomic E-state index is 12.9. The third-order valence-electron chi connectivity index (χ3n) is 4.93. The van der Waals surface area contributed by atoms with Crippen molar-refractivity contribution in [1.29, 1.82) is 0 Å². The van der Waals surface area contributed by atoms with Crippen molar-refractivity contribution < 1.29 is 9.59 Å². The van der Waals surface area contributed by atoms with Gasteiger partial charge in [-0.3, -0.25) is 9.59 Å². The maximum Gasteiger partial charge on any atom is 0.223 e. The van der Waals surface area contributed by atoms with Gasteiger partial charge in [0.2, 0.25) is 11.8 Å². The van der Waals surface area contributed by atoms with Gasteiger partial charge in [0, 0.05) is 50.5 Å². The molecule has 2 amide bonds. The Hall–Kier alpha value is -2.33. The van der Waals surface area contributed by atoms with E-state index in [0.29, 0.717) is 37.6 Å². The predicted molar refractivity (Wildman–Crippen MR) is 103 cm³/mol. The highest BCUT2D eigenvalue weighted by atomic mass is 35.5. The number of hydrogen-bond donors (Lipinski definition) is 0. The lowest BCUT2D eigenvalue weighted by atomic mass is 9.88. The molecular weight excluding hydrogens is 348 g/mol. The molecule has 0 aliphatic carbocycles. The van der Waals surface area contributed by atoms with Crippen molar-refractivity contribution in [3.63, 3.8) is 0 Å². The highest BCUT2D eigenvalue weighted by Gasteiger charge is 2.25. The van der Waals surface area contributed by atoms with E-state index in [1.807, 2.05) is 47.4 Å². The second kappa shape index (κ2) is 8.37. The van der Waals surface area contributed by atoms with Crippen LogP contribution < -0.4 is 0 Å². The first kappa shape index (κ1) is 18.5. The Morgan fingerprint density at radius 3 is 2.00 bits per heavy atom. The van der Waals surface area contributed by atoms with Gasteiger partial charge in [-0.15, -0.1) is 0 Å². The molecule has 1 aliphatic rings. The fourth-order valence-electron chi connectivity index (χ4n) is 3.38. The molecule has 1 heterocycles. The van der Waals surface area contributed by atoms with Crippen molar-refractivity contribution in [2.45, 2.75) is 19.3 Å². The van der Waals surface area contributed by atoms with Crippen LogP contribution in [0.25, 0.3) is 0 Å². The topological polar surface area (TPSA) is 40.6 Å². The summed E-state index contributed by atoms with van der Waals surface area (Å²) < 4.78 is 0. The van der Waals surface area contributed by atoms with Gasteiger partial charge >= 0.3 is 0 Å². The largest absolute Gasteiger partial charge is 0.339 e. The van der Waals surface area contributed by atoms with E-state index in [2.05, 4.69) is 12.1 Å². The molecule has 1 aliphatic heterocycles. The van der Waals surface area contributed by atoms with Gasteiger partial charge < -0.3 is 9.80 Å². The number of carbonyl (C=O) groups is 2. The highest BCUT2D eigenvalue weighted by Crippen LogP contribution is 2.29. The summed E-state index contributed by atoms with van der Waals surface area (Å²) in [5.41, 5.74) is 2.20. The number of amides is 2. The number of halogens is 1. The second-order valence-electron chi connectivity index (χ2n) is 6.61. The quantitative estimate of drug-likeness (QED) is 0.825. The van der Waals surface area contributed by atoms with E-state index in [1.54, 1.807) is 11.8 Å². The zero-order valence-corrected chi connectivity index (χ0v) is 15.7. The van der Waals surface area contributed by atoms with Gasteiger partial charge in [0.15, 0.2) is 0 Å². The molecule has 2 aromatic rings. The summed E-state index contributed by atoms with van der Waals surface area (Å²) in [5.74, 6) is 0.184. The van der Waals surface area contributed by atoms with Crippen LogP contribution in [0, 0.1) is 0 Å². The molecule has 26 heavy (non-hydrogen) atoms. The molecule has 3 rings (SSSR count). The van der Waals surface area contributed by atoms with Crippen molar-refractivity contribution >= 4 is 23.4 Å². The van der Waals surface area contributed by atoms with Crippen LogP contribution in [0.1, 0.15) is 30.4 Å². The molecule has 0 N–H and O–H groups in total. The molecule has 1 fully saturated rings. The molecule has 0 aromatic heterocycles. The van der Waals surface area contributed by atoms with Gasteiger partial charge in [0.1, 0.15) is 0 Å². The van der Waals surface area contributed by atoms with E-state index in [9.17, 15) is 9.59 Å². The van der Waals surface area contributed by atoms with Crippen LogP contribution in [0.2, 0.25) is 5.02 Å². The molecule has 4 nitrogen and oxygen atoms in total. The smallest absolute Gasteiger partial charge is 0.223 e. The zero-order chi connectivity index (χ0) is 18.5. The Kier molecular flexibility index (Phi) is 5.94. The predicted octanol–water partition coefficient (Wildman–Crippen LogP) is 3.55. The number of hydrogen-bond acceptors (Lipinski definition) is 2. The molecule has 1 atom stereocenters. The van der Waals surface area contributed by atoms with Crippen molar-refractivity contribution in [2.24, 2.45) is 0 Å². The molecule has 0 spiro atoms. The molecule has 2 aromatic carbocycles. The number of piperazine rings is 1. The third-order valence-corrected chi connectivity index (χ3v) is 5.18. The van der Waals surface area contributed by atoms with Gasteiger partial charge in [-0.05, 0) is 23.3 Å². The molecule has 0 radical (unpaired) electrons. The molecule has 1 saturated heterocycles. The fourth-order valence-corrected chi connectivity index (χ4v) is 3.51. The summed E-state index contributed by atoms with van der Waals surface area (Å²) in [5, 5.41) is 0.687. The summed E-state index contributed by atoms with van der Waals surface area (Å²) in [6.07, 6.45) is 0.408. The fraction of sp³-hybridized carbons (Fsp3) is 0.333. The van der Waals surface area contributed by atoms with Gasteiger partial charge in [-0.1, -0.05) is 54.1 Å². The molecule has 5 heteroatoms. The SMILES string of the molecule is CC(=O)N1CCN(C(=O)CC(c2ccccc2)c2ccc(Cl)cc2)CC1. The van der Waals surface area contributed by atoms with Gasteiger partial charge in [0.05, 0.1) is 0 Å². The van der Waals surface area contributed by atoms with Crippen molar-refractivity contribution in [3.8, 4) is 0 Å². The average molecular weight is 371 g/mol. The average Bonchev–Trinajstić information content (AvgIpc) is 2.67. The van der Waals surface area contributed by atoms with E-state index >= 15 is 0 Å². The summed E-state index contributed by atoms with van der Waals surface area (Å²) in [7, 11) is 0. The van der Waals surface area contributed by atoms with E-state index < -0.39 is 0 Å². The van der Waals surface area contributed by atoms with Crippen molar-refractivity contribution in [3.05, 3.63) is 70.7 Å². The third kappa shape index (κ3) is 4.44. The lowest BCUT2D eigenvalue weighted by molar-refractivity contribution is -0.138. The van der Waals surface area contributed by atoms with Gasteiger partial charge in [-0.25, -0.2) is 0 Å². The number of benzene rings is 2. The summed E-state index contributed by atoms with van der Waals surface area (Å²) in [6, 6.07) is 17.8. The number of carbonyl (C=O) groups excluding carboxylic acids is 2. The minimum atomic E-state index is -0.00759. The number of rotatable bonds is 4. The van der Waals surface area contributed by atoms with Gasteiger partial charge in [0.25, 0.3) is 0 Å². The van der Waals surface area contributed by atoms with Crippen LogP contribution in [0.15, 0.2) is 54.6 Å². The summed E-state index contributed by atoms with van der Waals surface area (Å²) in [4.78, 5) is 28.0. The Bertz CT molecular complexity index is 753. The van der Waals surface area contributed by atoms with E-state index in [-0.39, 0.29) is 17.7 Å². The lowest BCUT2D eigenvalue weighted by Gasteiger charge is -2.35. The van der Waals surface area contributed by atoms with Crippen LogP contribution in [0.3, 0.4) is 0 Å². The number of nitrogens with zero attached hydrogens (tertiary/aromatic N) is 2. The first-order valence-corrected chi connectivity index (χ1v) is 9.26. The summed E-state index contributed by atoms with van der Waals surface area (Å²) in [6.45, 7) is 3.99. The zero-order valence-electron chi connectivity index (χ0n) is 14.9. The van der Waals surface area contributed by atoms with E-state index in [0.717, 1.165) is 11.1 Å². The molecule has 136 valence electrons. The Morgan fingerprint density at radius 2 is 1.42 bits per heavy atom. The summed E-state index contributed by atoms with van der Waals surface area (Å²) >= 11 is 6.02. The minimum Gasteiger partial charge on any atom is -0.339 e. The van der Waals surface area contributed by atoms with Crippen LogP contribution in [0.5, 0.6) is 0 Å². The Morgan fingerprint density at radius 1 is 0.885 bits per heavy atom. The normalized spacial score (nSPS) is 15.6. The molecule has 1 unspecified atom stereocenters.